The topological polar surface area (TPSA) is 142 Å². The number of carbonyl (C=O) groups excluding carboxylic acids is 2. The van der Waals surface area contributed by atoms with Crippen LogP contribution in [0.15, 0.2) is 53.3 Å². The molecule has 1 heterocycles. The first-order valence-electron chi connectivity index (χ1n) is 12.7. The van der Waals surface area contributed by atoms with Crippen molar-refractivity contribution >= 4 is 67.4 Å². The van der Waals surface area contributed by atoms with Crippen molar-refractivity contribution in [1.29, 1.82) is 0 Å². The molecule has 4 rings (SSSR count). The Labute approximate surface area is 262 Å². The number of fused-ring (bicyclic) bond motifs is 1. The molecule has 3 aromatic carbocycles. The summed E-state index contributed by atoms with van der Waals surface area (Å²) in [5, 5.41) is 7.69. The highest BCUT2D eigenvalue weighted by molar-refractivity contribution is 7.90. The van der Waals surface area contributed by atoms with Crippen molar-refractivity contribution in [3.63, 3.8) is 0 Å². The average molecular weight is 689 g/mol. The van der Waals surface area contributed by atoms with Crippen molar-refractivity contribution < 1.29 is 35.6 Å². The lowest BCUT2D eigenvalue weighted by Gasteiger charge is -2.30. The standard InChI is InChI=1S/C27H22Cl2F4N6O5S/c1-13(24-16-11-22(32)23(33)12-17(16)25(40)38(2)36-24)39(27(42)35-15-4-6-21(31)19(29)10-15)7-8-45(43,44)37-26(41)34-14-3-5-20(30)18(28)9-14/h3-6,9-13H,7-8H2,1-2H3,(H,35,42)(H2,34,37,41). The second kappa shape index (κ2) is 13.3. The van der Waals surface area contributed by atoms with Gasteiger partial charge in [-0.05, 0) is 55.5 Å². The molecule has 0 spiro atoms. The lowest BCUT2D eigenvalue weighted by Crippen LogP contribution is -2.44. The molecule has 4 amide bonds. The Morgan fingerprint density at radius 1 is 0.889 bits per heavy atom. The van der Waals surface area contributed by atoms with Crippen molar-refractivity contribution in [3.05, 3.63) is 97.9 Å². The lowest BCUT2D eigenvalue weighted by molar-refractivity contribution is 0.196. The van der Waals surface area contributed by atoms with Crippen molar-refractivity contribution in [2.75, 3.05) is 22.9 Å². The van der Waals surface area contributed by atoms with Gasteiger partial charge in [-0.2, -0.15) is 5.10 Å². The van der Waals surface area contributed by atoms with Crippen LogP contribution in [0.5, 0.6) is 0 Å². The number of aryl methyl sites for hydroxylation is 1. The predicted octanol–water partition coefficient (Wildman–Crippen LogP) is 5.54. The van der Waals surface area contributed by atoms with E-state index in [1.807, 2.05) is 0 Å². The van der Waals surface area contributed by atoms with E-state index in [9.17, 15) is 40.4 Å². The summed E-state index contributed by atoms with van der Waals surface area (Å²) in [6, 6.07) is 4.43. The van der Waals surface area contributed by atoms with E-state index in [1.165, 1.54) is 20.0 Å². The Balaban J connectivity index is 1.64. The third kappa shape index (κ3) is 7.82. The van der Waals surface area contributed by atoms with Crippen molar-refractivity contribution in [3.8, 4) is 0 Å². The molecular formula is C27H22Cl2F4N6O5S. The van der Waals surface area contributed by atoms with Gasteiger partial charge < -0.3 is 15.5 Å². The number of carbonyl (C=O) groups is 2. The van der Waals surface area contributed by atoms with E-state index in [1.54, 1.807) is 4.72 Å². The van der Waals surface area contributed by atoms with Gasteiger partial charge in [-0.1, -0.05) is 23.2 Å². The molecule has 1 unspecified atom stereocenters. The van der Waals surface area contributed by atoms with Crippen LogP contribution in [-0.4, -0.2) is 47.5 Å². The fourth-order valence-electron chi connectivity index (χ4n) is 4.21. The Hall–Kier alpha value is -4.41. The zero-order chi connectivity index (χ0) is 33.2. The summed E-state index contributed by atoms with van der Waals surface area (Å²) >= 11 is 11.5. The second-order valence-electron chi connectivity index (χ2n) is 9.56. The molecule has 0 saturated carbocycles. The van der Waals surface area contributed by atoms with E-state index >= 15 is 0 Å². The van der Waals surface area contributed by atoms with E-state index in [0.29, 0.717) is 6.07 Å². The number of rotatable bonds is 8. The Kier molecular flexibility index (Phi) is 9.89. The molecule has 1 atom stereocenters. The number of aromatic nitrogens is 2. The van der Waals surface area contributed by atoms with Gasteiger partial charge >= 0.3 is 12.1 Å². The first kappa shape index (κ1) is 33.5. The summed E-state index contributed by atoms with van der Waals surface area (Å²) in [7, 11) is -3.22. The molecule has 0 radical (unpaired) electrons. The number of nitrogens with zero attached hydrogens (tertiary/aromatic N) is 3. The normalized spacial score (nSPS) is 12.1. The summed E-state index contributed by atoms with van der Waals surface area (Å²) in [6.45, 7) is 0.762. The number of benzene rings is 3. The summed E-state index contributed by atoms with van der Waals surface area (Å²) in [5.41, 5.74) is -0.863. The highest BCUT2D eigenvalue weighted by atomic mass is 35.5. The van der Waals surface area contributed by atoms with Gasteiger partial charge in [-0.3, -0.25) is 4.79 Å². The maximum atomic E-state index is 14.3. The van der Waals surface area contributed by atoms with Gasteiger partial charge in [0.1, 0.15) is 11.6 Å². The molecule has 4 aromatic rings. The summed E-state index contributed by atoms with van der Waals surface area (Å²) in [5.74, 6) is -5.01. The Morgan fingerprint density at radius 3 is 1.98 bits per heavy atom. The minimum absolute atomic E-state index is 0.0157. The first-order chi connectivity index (χ1) is 21.1. The number of sulfonamides is 1. The highest BCUT2D eigenvalue weighted by Crippen LogP contribution is 2.28. The Morgan fingerprint density at radius 2 is 1.42 bits per heavy atom. The van der Waals surface area contributed by atoms with E-state index in [-0.39, 0.29) is 37.9 Å². The zero-order valence-corrected chi connectivity index (χ0v) is 25.5. The van der Waals surface area contributed by atoms with Gasteiger partial charge in [0.2, 0.25) is 10.0 Å². The summed E-state index contributed by atoms with van der Waals surface area (Å²) in [4.78, 5) is 39.4. The zero-order valence-electron chi connectivity index (χ0n) is 23.2. The summed E-state index contributed by atoms with van der Waals surface area (Å²) < 4.78 is 83.7. The number of hydrogen-bond donors (Lipinski definition) is 3. The molecule has 45 heavy (non-hydrogen) atoms. The van der Waals surface area contributed by atoms with E-state index < -0.39 is 69.3 Å². The molecule has 0 fully saturated rings. The lowest BCUT2D eigenvalue weighted by atomic mass is 10.1. The van der Waals surface area contributed by atoms with Crippen molar-refractivity contribution in [2.24, 2.45) is 7.05 Å². The van der Waals surface area contributed by atoms with Crippen molar-refractivity contribution in [1.82, 2.24) is 19.4 Å². The minimum Gasteiger partial charge on any atom is -0.315 e. The average Bonchev–Trinajstić information content (AvgIpc) is 2.95. The minimum atomic E-state index is -4.47. The fourth-order valence-corrected chi connectivity index (χ4v) is 5.44. The Bertz CT molecular complexity index is 2000. The van der Waals surface area contributed by atoms with E-state index in [4.69, 9.17) is 23.2 Å². The molecule has 11 nitrogen and oxygen atoms in total. The molecule has 0 bridgehead atoms. The number of nitrogens with one attached hydrogen (secondary N) is 3. The van der Waals surface area contributed by atoms with E-state index in [2.05, 4.69) is 15.7 Å². The van der Waals surface area contributed by atoms with Crippen LogP contribution in [0.2, 0.25) is 10.0 Å². The van der Waals surface area contributed by atoms with Crippen LogP contribution in [0.4, 0.5) is 38.5 Å². The molecule has 0 saturated heterocycles. The first-order valence-corrected chi connectivity index (χ1v) is 15.1. The van der Waals surface area contributed by atoms with E-state index in [0.717, 1.165) is 46.0 Å². The van der Waals surface area contributed by atoms with Gasteiger partial charge in [0.25, 0.3) is 5.56 Å². The summed E-state index contributed by atoms with van der Waals surface area (Å²) in [6.07, 6.45) is 0. The maximum Gasteiger partial charge on any atom is 0.332 e. The monoisotopic (exact) mass is 688 g/mol. The molecule has 18 heteroatoms. The molecule has 3 N–H and O–H groups in total. The number of hydrogen-bond acceptors (Lipinski definition) is 6. The predicted molar refractivity (Wildman–Crippen MR) is 160 cm³/mol. The molecule has 0 aliphatic heterocycles. The molecule has 238 valence electrons. The molecule has 1 aromatic heterocycles. The number of anilines is 2. The highest BCUT2D eigenvalue weighted by Gasteiger charge is 2.29. The third-order valence-electron chi connectivity index (χ3n) is 6.44. The van der Waals surface area contributed by atoms with Gasteiger partial charge in [-0.25, -0.2) is 45.0 Å². The largest absolute Gasteiger partial charge is 0.332 e. The third-order valence-corrected chi connectivity index (χ3v) is 8.24. The van der Waals surface area contributed by atoms with Gasteiger partial charge in [0, 0.05) is 30.4 Å². The van der Waals surface area contributed by atoms with Gasteiger partial charge in [-0.15, -0.1) is 0 Å². The number of urea groups is 2. The van der Waals surface area contributed by atoms with Crippen molar-refractivity contribution in [2.45, 2.75) is 13.0 Å². The van der Waals surface area contributed by atoms with Crippen LogP contribution in [-0.2, 0) is 17.1 Å². The second-order valence-corrected chi connectivity index (χ2v) is 12.2. The molecule has 0 aliphatic carbocycles. The van der Waals surface area contributed by atoms with Gasteiger partial charge in [0.15, 0.2) is 11.6 Å². The van der Waals surface area contributed by atoms with Crippen LogP contribution in [0.1, 0.15) is 18.7 Å². The van der Waals surface area contributed by atoms with Crippen LogP contribution in [0, 0.1) is 23.3 Å². The maximum absolute atomic E-state index is 14.3. The smallest absolute Gasteiger partial charge is 0.315 e. The molecular weight excluding hydrogens is 667 g/mol. The van der Waals surface area contributed by atoms with Crippen LogP contribution >= 0.6 is 23.2 Å². The van der Waals surface area contributed by atoms with Gasteiger partial charge in [0.05, 0.1) is 32.9 Å². The number of amides is 4. The SMILES string of the molecule is CC(c1nn(C)c(=O)c2cc(F)c(F)cc12)N(CCS(=O)(=O)NC(=O)Nc1ccc(F)c(Cl)c1)C(=O)Nc1ccc(F)c(Cl)c1. The van der Waals surface area contributed by atoms with Crippen LogP contribution in [0.25, 0.3) is 10.8 Å². The quantitative estimate of drug-likeness (QED) is 0.208. The fraction of sp³-hybridized carbons (Fsp3) is 0.185. The van der Waals surface area contributed by atoms with Crippen LogP contribution < -0.4 is 20.9 Å². The molecule has 0 aliphatic rings. The van der Waals surface area contributed by atoms with Crippen LogP contribution in [0.3, 0.4) is 0 Å². The number of halogens is 6.